The fourth-order valence-corrected chi connectivity index (χ4v) is 6.36. The van der Waals surface area contributed by atoms with E-state index in [2.05, 4.69) is 5.32 Å². The normalized spacial score (nSPS) is 29.2. The molecule has 0 radical (unpaired) electrons. The third-order valence-corrected chi connectivity index (χ3v) is 8.06. The zero-order chi connectivity index (χ0) is 24.6. The minimum atomic E-state index is -1.47. The summed E-state index contributed by atoms with van der Waals surface area (Å²) in [5.41, 5.74) is 0.840. The first-order valence-corrected chi connectivity index (χ1v) is 12.6. The van der Waals surface area contributed by atoms with E-state index in [1.165, 1.54) is 4.90 Å². The highest BCUT2D eigenvalue weighted by molar-refractivity contribution is 6.24. The number of aliphatic carboxylic acids is 1. The maximum absolute atomic E-state index is 13.9. The zero-order valence-corrected chi connectivity index (χ0v) is 20.0. The molecule has 0 bridgehead atoms. The molecule has 35 heavy (non-hydrogen) atoms. The molecule has 0 aromatic heterocycles. The molecule has 0 spiro atoms. The van der Waals surface area contributed by atoms with Crippen molar-refractivity contribution in [3.63, 3.8) is 0 Å². The van der Waals surface area contributed by atoms with Gasteiger partial charge in [0.05, 0.1) is 17.5 Å². The molecule has 4 unspecified atom stereocenters. The molecule has 2 heterocycles. The Hall–Kier alpha value is -3.25. The van der Waals surface area contributed by atoms with Gasteiger partial charge in [0.25, 0.3) is 0 Å². The van der Waals surface area contributed by atoms with Crippen LogP contribution in [0.3, 0.4) is 0 Å². The van der Waals surface area contributed by atoms with Gasteiger partial charge in [-0.15, -0.1) is 0 Å². The third-order valence-electron chi connectivity index (χ3n) is 8.06. The summed E-state index contributed by atoms with van der Waals surface area (Å²) in [6, 6.07) is 16.4. The number of rotatable bonds is 6. The number of hydrogen-bond acceptors (Lipinski definition) is 4. The highest BCUT2D eigenvalue weighted by Crippen LogP contribution is 2.49. The molecule has 2 amide bonds. The number of imide groups is 1. The Morgan fingerprint density at radius 3 is 2.40 bits per heavy atom. The average Bonchev–Trinajstić information content (AvgIpc) is 3.33. The average molecular weight is 473 g/mol. The molecule has 3 fully saturated rings. The molecule has 1 saturated carbocycles. The molecule has 2 saturated heterocycles. The predicted octanol–water partition coefficient (Wildman–Crippen LogP) is 4.58. The van der Waals surface area contributed by atoms with Crippen LogP contribution in [0, 0.1) is 24.7 Å². The van der Waals surface area contributed by atoms with Crippen LogP contribution in [-0.2, 0) is 14.4 Å². The van der Waals surface area contributed by atoms with Crippen molar-refractivity contribution in [2.24, 2.45) is 17.8 Å². The Kier molecular flexibility index (Phi) is 6.32. The predicted molar refractivity (Wildman–Crippen MR) is 135 cm³/mol. The summed E-state index contributed by atoms with van der Waals surface area (Å²) in [6.45, 7) is 1.86. The molecule has 2 aromatic carbocycles. The molecule has 4 atom stereocenters. The van der Waals surface area contributed by atoms with Crippen LogP contribution < -0.4 is 10.2 Å². The number of benzene rings is 2. The molecule has 3 aliphatic rings. The van der Waals surface area contributed by atoms with Crippen molar-refractivity contribution < 1.29 is 19.5 Å². The van der Waals surface area contributed by atoms with E-state index in [0.29, 0.717) is 12.1 Å². The Balaban J connectivity index is 1.57. The van der Waals surface area contributed by atoms with E-state index in [-0.39, 0.29) is 11.8 Å². The molecule has 2 aromatic rings. The van der Waals surface area contributed by atoms with Gasteiger partial charge in [-0.3, -0.25) is 19.7 Å². The van der Waals surface area contributed by atoms with Crippen molar-refractivity contribution in [2.45, 2.75) is 57.0 Å². The van der Waals surface area contributed by atoms with Gasteiger partial charge in [-0.05, 0) is 36.5 Å². The van der Waals surface area contributed by atoms with Gasteiger partial charge in [-0.2, -0.15) is 0 Å². The monoisotopic (exact) mass is 472 g/mol. The molecule has 2 N–H and O–H groups in total. The van der Waals surface area contributed by atoms with E-state index < -0.39 is 35.3 Å². The van der Waals surface area contributed by atoms with Crippen LogP contribution in [-0.4, -0.2) is 34.5 Å². The maximum Gasteiger partial charge on any atom is 0.324 e. The second-order valence-corrected chi connectivity index (χ2v) is 10.2. The molecular weight excluding hydrogens is 440 g/mol. The SMILES string of the molecule is Cc1ccccc1N1C(=O)C2C(/C=C/c3ccccc3)NC(CC3CCCCC3)(C(=O)O)C2C1=O. The second kappa shape index (κ2) is 9.42. The number of fused-ring (bicyclic) bond motifs is 1. The molecule has 6 heteroatoms. The largest absolute Gasteiger partial charge is 0.480 e. The number of nitrogens with zero attached hydrogens (tertiary/aromatic N) is 1. The molecule has 5 rings (SSSR count). The zero-order valence-electron chi connectivity index (χ0n) is 20.0. The van der Waals surface area contributed by atoms with Gasteiger partial charge in [-0.25, -0.2) is 4.90 Å². The second-order valence-electron chi connectivity index (χ2n) is 10.2. The van der Waals surface area contributed by atoms with Crippen LogP contribution in [0.1, 0.15) is 49.7 Å². The summed E-state index contributed by atoms with van der Waals surface area (Å²) < 4.78 is 0. The number of carboxylic acid groups (broad SMARTS) is 1. The van der Waals surface area contributed by atoms with Crippen LogP contribution in [0.4, 0.5) is 5.69 Å². The minimum absolute atomic E-state index is 0.222. The van der Waals surface area contributed by atoms with Gasteiger partial charge >= 0.3 is 5.97 Å². The fraction of sp³-hybridized carbons (Fsp3) is 0.414. The van der Waals surface area contributed by atoms with Crippen molar-refractivity contribution >= 4 is 29.5 Å². The highest BCUT2D eigenvalue weighted by Gasteiger charge is 2.68. The van der Waals surface area contributed by atoms with Gasteiger partial charge in [0.2, 0.25) is 11.8 Å². The number of nitrogens with one attached hydrogen (secondary N) is 1. The highest BCUT2D eigenvalue weighted by atomic mass is 16.4. The lowest BCUT2D eigenvalue weighted by Crippen LogP contribution is -2.57. The topological polar surface area (TPSA) is 86.7 Å². The number of para-hydroxylation sites is 1. The first kappa shape index (κ1) is 23.5. The fourth-order valence-electron chi connectivity index (χ4n) is 6.36. The van der Waals surface area contributed by atoms with Gasteiger partial charge in [0.15, 0.2) is 0 Å². The van der Waals surface area contributed by atoms with Crippen LogP contribution in [0.15, 0.2) is 60.7 Å². The van der Waals surface area contributed by atoms with Crippen LogP contribution in [0.25, 0.3) is 6.08 Å². The number of carboxylic acids is 1. The lowest BCUT2D eigenvalue weighted by Gasteiger charge is -2.35. The third kappa shape index (κ3) is 4.10. The summed E-state index contributed by atoms with van der Waals surface area (Å²) in [5, 5.41) is 13.9. The number of carbonyl (C=O) groups is 3. The number of aryl methyl sites for hydroxylation is 1. The summed E-state index contributed by atoms with van der Waals surface area (Å²) >= 11 is 0. The molecule has 2 aliphatic heterocycles. The van der Waals surface area contributed by atoms with Crippen LogP contribution >= 0.6 is 0 Å². The van der Waals surface area contributed by atoms with Crippen molar-refractivity contribution in [1.29, 1.82) is 0 Å². The Morgan fingerprint density at radius 1 is 1.03 bits per heavy atom. The Morgan fingerprint density at radius 2 is 1.71 bits per heavy atom. The van der Waals surface area contributed by atoms with E-state index in [1.807, 2.05) is 61.5 Å². The molecule has 182 valence electrons. The van der Waals surface area contributed by atoms with E-state index in [0.717, 1.165) is 43.2 Å². The van der Waals surface area contributed by atoms with E-state index in [1.54, 1.807) is 12.1 Å². The number of anilines is 1. The summed E-state index contributed by atoms with van der Waals surface area (Å²) in [6.07, 6.45) is 9.37. The van der Waals surface area contributed by atoms with Crippen LogP contribution in [0.5, 0.6) is 0 Å². The first-order valence-electron chi connectivity index (χ1n) is 12.6. The van der Waals surface area contributed by atoms with Crippen molar-refractivity contribution in [2.75, 3.05) is 4.90 Å². The van der Waals surface area contributed by atoms with Gasteiger partial charge in [0, 0.05) is 6.04 Å². The molecule has 1 aliphatic carbocycles. The lowest BCUT2D eigenvalue weighted by atomic mass is 9.72. The lowest BCUT2D eigenvalue weighted by molar-refractivity contribution is -0.150. The minimum Gasteiger partial charge on any atom is -0.480 e. The number of carbonyl (C=O) groups excluding carboxylic acids is 2. The molecule has 6 nitrogen and oxygen atoms in total. The Labute approximate surface area is 206 Å². The summed E-state index contributed by atoms with van der Waals surface area (Å²) in [7, 11) is 0. The molecular formula is C29H32N2O4. The standard InChI is InChI=1S/C29H32N2O4/c1-19-10-8-9-15-23(19)31-26(32)24-22(17-16-20-11-4-2-5-12-20)30-29(28(34)35,25(24)27(31)33)18-21-13-6-3-7-14-21/h2,4-5,8-12,15-17,21-22,24-25,30H,3,6-7,13-14,18H2,1H3,(H,34,35)/b17-16+. The quantitative estimate of drug-likeness (QED) is 0.601. The van der Waals surface area contributed by atoms with Crippen LogP contribution in [0.2, 0.25) is 0 Å². The van der Waals surface area contributed by atoms with Gasteiger partial charge in [-0.1, -0.05) is 92.8 Å². The van der Waals surface area contributed by atoms with Crippen molar-refractivity contribution in [3.8, 4) is 0 Å². The maximum atomic E-state index is 13.9. The Bertz CT molecular complexity index is 1150. The van der Waals surface area contributed by atoms with Gasteiger partial charge < -0.3 is 5.11 Å². The smallest absolute Gasteiger partial charge is 0.324 e. The van der Waals surface area contributed by atoms with Crippen molar-refractivity contribution in [3.05, 3.63) is 71.8 Å². The number of hydrogen-bond donors (Lipinski definition) is 2. The summed E-state index contributed by atoms with van der Waals surface area (Å²) in [5.74, 6) is -3.25. The van der Waals surface area contributed by atoms with E-state index in [9.17, 15) is 19.5 Å². The summed E-state index contributed by atoms with van der Waals surface area (Å²) in [4.78, 5) is 41.9. The van der Waals surface area contributed by atoms with E-state index >= 15 is 0 Å². The van der Waals surface area contributed by atoms with Crippen molar-refractivity contribution in [1.82, 2.24) is 5.32 Å². The number of amides is 2. The van der Waals surface area contributed by atoms with Gasteiger partial charge in [0.1, 0.15) is 5.54 Å². The van der Waals surface area contributed by atoms with E-state index in [4.69, 9.17) is 0 Å². The first-order chi connectivity index (χ1) is 16.9.